The summed E-state index contributed by atoms with van der Waals surface area (Å²) in [5.74, 6) is 1.80. The summed E-state index contributed by atoms with van der Waals surface area (Å²) in [7, 11) is 1.83. The van der Waals surface area contributed by atoms with Crippen molar-refractivity contribution in [2.24, 2.45) is 22.7 Å². The van der Waals surface area contributed by atoms with Crippen LogP contribution in [0, 0.1) is 22.7 Å². The van der Waals surface area contributed by atoms with E-state index in [-0.39, 0.29) is 46.4 Å². The van der Waals surface area contributed by atoms with Gasteiger partial charge in [-0.3, -0.25) is 4.90 Å². The van der Waals surface area contributed by atoms with Gasteiger partial charge in [-0.15, -0.1) is 0 Å². The van der Waals surface area contributed by atoms with Gasteiger partial charge >= 0.3 is 0 Å². The fourth-order valence-corrected chi connectivity index (χ4v) is 9.58. The van der Waals surface area contributed by atoms with Crippen molar-refractivity contribution in [3.8, 4) is 11.5 Å². The molecule has 0 radical (unpaired) electrons. The molecule has 5 fully saturated rings. The Balaban J connectivity index is 0.00000229. The molecule has 1 aromatic carbocycles. The van der Waals surface area contributed by atoms with Gasteiger partial charge < -0.3 is 32.1 Å². The molecule has 2 spiro atoms. The normalized spacial score (nSPS) is 42.6. The number of piperidine rings is 1. The monoisotopic (exact) mass is 502 g/mol. The molecule has 5 nitrogen and oxygen atoms in total. The Morgan fingerprint density at radius 1 is 1.14 bits per heavy atom. The standard InChI is InChI=1S/C29H41NO4.ClH/c1-25(2,3)26(4,32)20-15-27-10-11-29(20,33-5)24-28(27)12-13-30(16-17-6-7-17)21(27)14-18-8-9-19(31)23(34-24)22(18)28;/h8-9,17,20-21,24,31-32H,6-7,10-16H2,1-5H3;1H/p-1/t20-,21-,24-,26?,27-,28+,29?;/m1./s1. The van der Waals surface area contributed by atoms with Gasteiger partial charge in [0.2, 0.25) is 0 Å². The van der Waals surface area contributed by atoms with Gasteiger partial charge in [0.1, 0.15) is 11.7 Å². The van der Waals surface area contributed by atoms with Gasteiger partial charge in [-0.25, -0.2) is 0 Å². The zero-order chi connectivity index (χ0) is 23.9. The second-order valence-electron chi connectivity index (χ2n) is 13.8. The van der Waals surface area contributed by atoms with E-state index in [2.05, 4.69) is 31.7 Å². The Morgan fingerprint density at radius 3 is 2.54 bits per heavy atom. The number of rotatable bonds is 4. The third kappa shape index (κ3) is 2.62. The van der Waals surface area contributed by atoms with Crippen LogP contribution in [0.15, 0.2) is 12.1 Å². The largest absolute Gasteiger partial charge is 1.00 e. The lowest BCUT2D eigenvalue weighted by atomic mass is 9.33. The van der Waals surface area contributed by atoms with Crippen LogP contribution in [0.3, 0.4) is 0 Å². The zero-order valence-electron chi connectivity index (χ0n) is 21.9. The maximum atomic E-state index is 12.2. The van der Waals surface area contributed by atoms with Crippen LogP contribution in [0.2, 0.25) is 0 Å². The zero-order valence-corrected chi connectivity index (χ0v) is 22.6. The molecular formula is C29H41ClNO4-. The van der Waals surface area contributed by atoms with Gasteiger partial charge in [0.25, 0.3) is 0 Å². The molecule has 35 heavy (non-hydrogen) atoms. The second kappa shape index (κ2) is 7.09. The fourth-order valence-electron chi connectivity index (χ4n) is 9.58. The minimum atomic E-state index is -0.909. The van der Waals surface area contributed by atoms with Crippen molar-refractivity contribution < 1.29 is 32.1 Å². The first-order valence-electron chi connectivity index (χ1n) is 13.6. The average molecular weight is 503 g/mol. The first-order valence-corrected chi connectivity index (χ1v) is 13.6. The quantitative estimate of drug-likeness (QED) is 0.652. The Labute approximate surface area is 216 Å². The van der Waals surface area contributed by atoms with E-state index >= 15 is 0 Å². The predicted octanol–water partition coefficient (Wildman–Crippen LogP) is 1.42. The molecule has 7 atom stereocenters. The molecule has 2 heterocycles. The molecule has 0 aromatic heterocycles. The highest BCUT2D eigenvalue weighted by Gasteiger charge is 2.82. The van der Waals surface area contributed by atoms with Crippen molar-refractivity contribution in [3.63, 3.8) is 0 Å². The number of aromatic hydroxyl groups is 1. The third-order valence-corrected chi connectivity index (χ3v) is 11.9. The number of hydrogen-bond donors (Lipinski definition) is 2. The molecule has 1 aromatic rings. The van der Waals surface area contributed by atoms with E-state index in [0.717, 1.165) is 44.6 Å². The van der Waals surface area contributed by atoms with E-state index in [1.54, 1.807) is 0 Å². The van der Waals surface area contributed by atoms with Crippen LogP contribution < -0.4 is 17.1 Å². The lowest BCUT2D eigenvalue weighted by molar-refractivity contribution is -0.312. The number of methoxy groups -OCH3 is 1. The van der Waals surface area contributed by atoms with Gasteiger partial charge in [0, 0.05) is 42.0 Å². The third-order valence-electron chi connectivity index (χ3n) is 11.9. The van der Waals surface area contributed by atoms with E-state index in [1.807, 2.05) is 20.1 Å². The van der Waals surface area contributed by atoms with Crippen LogP contribution in [0.4, 0.5) is 0 Å². The Kier molecular flexibility index (Phi) is 4.93. The molecule has 1 saturated heterocycles. The van der Waals surface area contributed by atoms with Crippen molar-refractivity contribution >= 4 is 0 Å². The van der Waals surface area contributed by atoms with Crippen LogP contribution in [0.25, 0.3) is 0 Å². The van der Waals surface area contributed by atoms with E-state index < -0.39 is 11.2 Å². The number of fused-ring (bicyclic) bond motifs is 2. The highest BCUT2D eigenvalue weighted by Crippen LogP contribution is 2.78. The summed E-state index contributed by atoms with van der Waals surface area (Å²) in [5.41, 5.74) is 0.783. The number of aliphatic hydroxyl groups is 1. The molecule has 5 aliphatic carbocycles. The Morgan fingerprint density at radius 2 is 1.89 bits per heavy atom. The van der Waals surface area contributed by atoms with Crippen molar-refractivity contribution in [1.29, 1.82) is 0 Å². The molecule has 6 heteroatoms. The SMILES string of the molecule is COC12CC[C@@]3(C[C@@H]1C(C)(O)C(C)(C)C)[C@H]1Cc4ccc(O)c5c4[C@@]3(CCN1CC1CC1)[C@H]2O5.[Cl-]. The van der Waals surface area contributed by atoms with Crippen molar-refractivity contribution in [1.82, 2.24) is 4.90 Å². The van der Waals surface area contributed by atoms with E-state index in [0.29, 0.717) is 11.8 Å². The summed E-state index contributed by atoms with van der Waals surface area (Å²) in [6.45, 7) is 10.8. The van der Waals surface area contributed by atoms with Crippen LogP contribution in [0.5, 0.6) is 11.5 Å². The maximum Gasteiger partial charge on any atom is 0.165 e. The number of benzene rings is 1. The number of phenols is 1. The van der Waals surface area contributed by atoms with Gasteiger partial charge in [-0.1, -0.05) is 26.8 Å². The lowest BCUT2D eigenvalue weighted by Crippen LogP contribution is -3.00. The first-order chi connectivity index (χ1) is 16.0. The minimum Gasteiger partial charge on any atom is -1.00 e. The summed E-state index contributed by atoms with van der Waals surface area (Å²) in [4.78, 5) is 2.82. The number of phenolic OH excluding ortho intramolecular Hbond substituents is 1. The van der Waals surface area contributed by atoms with Gasteiger partial charge in [0.15, 0.2) is 11.5 Å². The number of ether oxygens (including phenoxy) is 2. The van der Waals surface area contributed by atoms with Crippen LogP contribution in [0.1, 0.15) is 77.3 Å². The van der Waals surface area contributed by atoms with E-state index in [1.165, 1.54) is 30.5 Å². The molecule has 4 bridgehead atoms. The number of hydrogen-bond acceptors (Lipinski definition) is 5. The van der Waals surface area contributed by atoms with Crippen LogP contribution in [-0.4, -0.2) is 58.7 Å². The predicted molar refractivity (Wildman–Crippen MR) is 130 cm³/mol. The summed E-state index contributed by atoms with van der Waals surface area (Å²) >= 11 is 0. The smallest absolute Gasteiger partial charge is 0.165 e. The van der Waals surface area contributed by atoms with Crippen LogP contribution >= 0.6 is 0 Å². The van der Waals surface area contributed by atoms with Gasteiger partial charge in [0.05, 0.1) is 5.60 Å². The molecule has 2 aliphatic heterocycles. The average Bonchev–Trinajstić information content (AvgIpc) is 3.53. The summed E-state index contributed by atoms with van der Waals surface area (Å²) in [6.07, 6.45) is 7.64. The molecule has 8 rings (SSSR count). The maximum absolute atomic E-state index is 12.2. The highest BCUT2D eigenvalue weighted by atomic mass is 35.5. The molecule has 2 unspecified atom stereocenters. The fraction of sp³-hybridized carbons (Fsp3) is 0.793. The topological polar surface area (TPSA) is 62.2 Å². The Bertz CT molecular complexity index is 1060. The molecule has 4 saturated carbocycles. The lowest BCUT2D eigenvalue weighted by Gasteiger charge is -2.75. The highest BCUT2D eigenvalue weighted by molar-refractivity contribution is 5.63. The summed E-state index contributed by atoms with van der Waals surface area (Å²) in [5, 5.41) is 23.2. The molecule has 194 valence electrons. The van der Waals surface area contributed by atoms with Crippen molar-refractivity contribution in [3.05, 3.63) is 23.3 Å². The molecule has 7 aliphatic rings. The van der Waals surface area contributed by atoms with Gasteiger partial charge in [-0.05, 0) is 81.4 Å². The Hall–Kier alpha value is -1.01. The molecule has 0 amide bonds. The van der Waals surface area contributed by atoms with E-state index in [9.17, 15) is 10.2 Å². The van der Waals surface area contributed by atoms with Crippen LogP contribution in [-0.2, 0) is 16.6 Å². The van der Waals surface area contributed by atoms with Gasteiger partial charge in [-0.2, -0.15) is 0 Å². The second-order valence-corrected chi connectivity index (χ2v) is 13.8. The van der Waals surface area contributed by atoms with Crippen molar-refractivity contribution in [2.45, 2.75) is 101 Å². The first kappa shape index (κ1) is 24.3. The number of likely N-dealkylation sites (tertiary alicyclic amines) is 1. The number of halogens is 1. The molecule has 2 N–H and O–H groups in total. The van der Waals surface area contributed by atoms with Crippen molar-refractivity contribution in [2.75, 3.05) is 20.2 Å². The number of nitrogens with zero attached hydrogens (tertiary/aromatic N) is 1. The summed E-state index contributed by atoms with van der Waals surface area (Å²) < 4.78 is 13.5. The molecular weight excluding hydrogens is 462 g/mol. The van der Waals surface area contributed by atoms with E-state index in [4.69, 9.17) is 9.47 Å². The summed E-state index contributed by atoms with van der Waals surface area (Å²) in [6, 6.07) is 4.46. The minimum absolute atomic E-state index is 0.